The number of anilines is 1. The van der Waals surface area contributed by atoms with E-state index in [1.165, 1.54) is 0 Å². The van der Waals surface area contributed by atoms with Gasteiger partial charge in [0.2, 0.25) is 0 Å². The van der Waals surface area contributed by atoms with Crippen LogP contribution in [0, 0.1) is 0 Å². The van der Waals surface area contributed by atoms with E-state index >= 15 is 0 Å². The molecule has 2 aromatic rings. The van der Waals surface area contributed by atoms with Crippen LogP contribution in [0.2, 0.25) is 0 Å². The van der Waals surface area contributed by atoms with E-state index in [-0.39, 0.29) is 6.73 Å². The van der Waals surface area contributed by atoms with E-state index in [0.29, 0.717) is 6.61 Å². The van der Waals surface area contributed by atoms with E-state index in [2.05, 4.69) is 5.32 Å². The molecule has 0 amide bonds. The maximum Gasteiger partial charge on any atom is 0.119 e. The number of rotatable bonds is 5. The van der Waals surface area contributed by atoms with Gasteiger partial charge in [-0.25, -0.2) is 0 Å². The van der Waals surface area contributed by atoms with Crippen molar-refractivity contribution in [3.63, 3.8) is 0 Å². The molecule has 0 saturated heterocycles. The zero-order valence-electron chi connectivity index (χ0n) is 9.47. The van der Waals surface area contributed by atoms with E-state index < -0.39 is 0 Å². The van der Waals surface area contributed by atoms with Gasteiger partial charge in [-0.15, -0.1) is 0 Å². The van der Waals surface area contributed by atoms with Crippen molar-refractivity contribution < 1.29 is 9.84 Å². The summed E-state index contributed by atoms with van der Waals surface area (Å²) in [5.41, 5.74) is 2.02. The minimum absolute atomic E-state index is 0.0653. The number of ether oxygens (including phenoxy) is 1. The predicted molar refractivity (Wildman–Crippen MR) is 67.9 cm³/mol. The van der Waals surface area contributed by atoms with Crippen LogP contribution in [0.5, 0.6) is 5.75 Å². The van der Waals surface area contributed by atoms with E-state index in [4.69, 9.17) is 9.84 Å². The Labute approximate surface area is 101 Å². The SMILES string of the molecule is OCNc1ccc(OCc2ccccc2)cc1. The molecule has 88 valence electrons. The van der Waals surface area contributed by atoms with E-state index in [9.17, 15) is 0 Å². The van der Waals surface area contributed by atoms with Crippen LogP contribution in [0.15, 0.2) is 54.6 Å². The van der Waals surface area contributed by atoms with Crippen LogP contribution in [-0.4, -0.2) is 11.8 Å². The van der Waals surface area contributed by atoms with Crippen LogP contribution in [0.25, 0.3) is 0 Å². The fraction of sp³-hybridized carbons (Fsp3) is 0.143. The van der Waals surface area contributed by atoms with Crippen LogP contribution in [0.3, 0.4) is 0 Å². The summed E-state index contributed by atoms with van der Waals surface area (Å²) < 4.78 is 5.63. The molecule has 0 bridgehead atoms. The minimum Gasteiger partial charge on any atom is -0.489 e. The molecule has 0 spiro atoms. The Balaban J connectivity index is 1.91. The first-order chi connectivity index (χ1) is 8.38. The normalized spacial score (nSPS) is 9.94. The summed E-state index contributed by atoms with van der Waals surface area (Å²) in [7, 11) is 0. The van der Waals surface area contributed by atoms with Crippen LogP contribution in [0.1, 0.15) is 5.56 Å². The highest BCUT2D eigenvalue weighted by Crippen LogP contribution is 2.16. The molecule has 2 N–H and O–H groups in total. The molecule has 0 unspecified atom stereocenters. The number of nitrogens with one attached hydrogen (secondary N) is 1. The Morgan fingerprint density at radius 1 is 0.941 bits per heavy atom. The van der Waals surface area contributed by atoms with Crippen LogP contribution >= 0.6 is 0 Å². The van der Waals surface area contributed by atoms with E-state index in [1.807, 2.05) is 54.6 Å². The molecule has 2 rings (SSSR count). The fourth-order valence-electron chi connectivity index (χ4n) is 1.50. The number of hydrogen-bond donors (Lipinski definition) is 2. The molecule has 17 heavy (non-hydrogen) atoms. The van der Waals surface area contributed by atoms with Crippen molar-refractivity contribution >= 4 is 5.69 Å². The second kappa shape index (κ2) is 5.92. The van der Waals surface area contributed by atoms with Gasteiger partial charge in [0, 0.05) is 5.69 Å². The number of aliphatic hydroxyl groups excluding tert-OH is 1. The Morgan fingerprint density at radius 3 is 2.29 bits per heavy atom. The Bertz CT molecular complexity index is 440. The molecule has 2 aromatic carbocycles. The molecular formula is C14H15NO2. The number of hydrogen-bond acceptors (Lipinski definition) is 3. The van der Waals surface area contributed by atoms with Crippen LogP contribution < -0.4 is 10.1 Å². The molecular weight excluding hydrogens is 214 g/mol. The molecule has 0 saturated carbocycles. The molecule has 0 aromatic heterocycles. The van der Waals surface area contributed by atoms with E-state index in [1.54, 1.807) is 0 Å². The molecule has 0 heterocycles. The highest BCUT2D eigenvalue weighted by Gasteiger charge is 1.96. The zero-order chi connectivity index (χ0) is 11.9. The third kappa shape index (κ3) is 3.50. The first-order valence-corrected chi connectivity index (χ1v) is 5.50. The molecule has 3 heteroatoms. The Kier molecular flexibility index (Phi) is 4.00. The Morgan fingerprint density at radius 2 is 1.65 bits per heavy atom. The topological polar surface area (TPSA) is 41.5 Å². The molecule has 0 aliphatic rings. The van der Waals surface area contributed by atoms with Gasteiger partial charge in [0.25, 0.3) is 0 Å². The van der Waals surface area contributed by atoms with Crippen molar-refractivity contribution in [3.05, 3.63) is 60.2 Å². The standard InChI is InChI=1S/C14H15NO2/c16-11-15-13-6-8-14(9-7-13)17-10-12-4-2-1-3-5-12/h1-9,15-16H,10-11H2. The predicted octanol–water partition coefficient (Wildman–Crippen LogP) is 2.63. The van der Waals surface area contributed by atoms with Gasteiger partial charge >= 0.3 is 0 Å². The summed E-state index contributed by atoms with van der Waals surface area (Å²) in [5, 5.41) is 11.5. The summed E-state index contributed by atoms with van der Waals surface area (Å²) in [6.45, 7) is 0.498. The number of benzene rings is 2. The molecule has 0 atom stereocenters. The average Bonchev–Trinajstić information content (AvgIpc) is 2.40. The largest absolute Gasteiger partial charge is 0.489 e. The van der Waals surface area contributed by atoms with Crippen LogP contribution in [0.4, 0.5) is 5.69 Å². The van der Waals surface area contributed by atoms with Gasteiger partial charge < -0.3 is 15.2 Å². The third-order valence-corrected chi connectivity index (χ3v) is 2.39. The van der Waals surface area contributed by atoms with Crippen molar-refractivity contribution in [2.45, 2.75) is 6.61 Å². The summed E-state index contributed by atoms with van der Waals surface area (Å²) in [5.74, 6) is 0.817. The first kappa shape index (κ1) is 11.5. The molecule has 0 aliphatic carbocycles. The van der Waals surface area contributed by atoms with Crippen molar-refractivity contribution in [2.75, 3.05) is 12.0 Å². The number of aliphatic hydroxyl groups is 1. The van der Waals surface area contributed by atoms with Crippen molar-refractivity contribution in [1.82, 2.24) is 0 Å². The summed E-state index contributed by atoms with van der Waals surface area (Å²) in [4.78, 5) is 0. The summed E-state index contributed by atoms with van der Waals surface area (Å²) >= 11 is 0. The maximum absolute atomic E-state index is 8.70. The van der Waals surface area contributed by atoms with Crippen molar-refractivity contribution in [1.29, 1.82) is 0 Å². The monoisotopic (exact) mass is 229 g/mol. The fourth-order valence-corrected chi connectivity index (χ4v) is 1.50. The molecule has 3 nitrogen and oxygen atoms in total. The quantitative estimate of drug-likeness (QED) is 0.774. The Hall–Kier alpha value is -2.00. The maximum atomic E-state index is 8.70. The summed E-state index contributed by atoms with van der Waals surface area (Å²) in [6, 6.07) is 17.5. The third-order valence-electron chi connectivity index (χ3n) is 2.39. The summed E-state index contributed by atoms with van der Waals surface area (Å²) in [6.07, 6.45) is 0. The molecule has 0 fully saturated rings. The second-order valence-corrected chi connectivity index (χ2v) is 3.63. The molecule has 0 aliphatic heterocycles. The van der Waals surface area contributed by atoms with Crippen molar-refractivity contribution in [2.24, 2.45) is 0 Å². The highest BCUT2D eigenvalue weighted by molar-refractivity contribution is 5.45. The zero-order valence-corrected chi connectivity index (χ0v) is 9.47. The van der Waals surface area contributed by atoms with Gasteiger partial charge in [-0.3, -0.25) is 0 Å². The highest BCUT2D eigenvalue weighted by atomic mass is 16.5. The lowest BCUT2D eigenvalue weighted by Crippen LogP contribution is -1.99. The van der Waals surface area contributed by atoms with Crippen LogP contribution in [-0.2, 0) is 6.61 Å². The minimum atomic E-state index is -0.0653. The van der Waals surface area contributed by atoms with Gasteiger partial charge in [-0.2, -0.15) is 0 Å². The lowest BCUT2D eigenvalue weighted by molar-refractivity contribution is 0.306. The van der Waals surface area contributed by atoms with Gasteiger partial charge in [0.15, 0.2) is 0 Å². The van der Waals surface area contributed by atoms with Gasteiger partial charge in [0.1, 0.15) is 19.1 Å². The van der Waals surface area contributed by atoms with Crippen molar-refractivity contribution in [3.8, 4) is 5.75 Å². The first-order valence-electron chi connectivity index (χ1n) is 5.50. The molecule has 0 radical (unpaired) electrons. The van der Waals surface area contributed by atoms with E-state index in [0.717, 1.165) is 17.0 Å². The average molecular weight is 229 g/mol. The second-order valence-electron chi connectivity index (χ2n) is 3.63. The lowest BCUT2D eigenvalue weighted by atomic mass is 10.2. The van der Waals surface area contributed by atoms with Gasteiger partial charge in [0.05, 0.1) is 0 Å². The lowest BCUT2D eigenvalue weighted by Gasteiger charge is -2.07. The smallest absolute Gasteiger partial charge is 0.119 e. The van der Waals surface area contributed by atoms with Gasteiger partial charge in [-0.05, 0) is 29.8 Å². The van der Waals surface area contributed by atoms with Gasteiger partial charge in [-0.1, -0.05) is 30.3 Å².